The molecule has 0 spiro atoms. The standard InChI is InChI=1S/C27H28N4O3S/c1-16-21(19-8-2-4-10-22(19)30-16)13-17(14-28)25(32)31-27-24(20-9-3-5-11-23(20)35-27)26(33)29-15-18-7-6-12-34-18/h2,4,8,10,13,18,30H,3,5-7,9,11-12,15H2,1H3,(H,29,33)(H,31,32)/b17-13-. The molecule has 1 fully saturated rings. The van der Waals surface area contributed by atoms with E-state index in [2.05, 4.69) is 15.6 Å². The zero-order valence-corrected chi connectivity index (χ0v) is 20.5. The number of amides is 2. The van der Waals surface area contributed by atoms with Gasteiger partial charge < -0.3 is 20.4 Å². The second-order valence-electron chi connectivity index (χ2n) is 9.09. The van der Waals surface area contributed by atoms with Crippen molar-refractivity contribution in [2.45, 2.75) is 51.6 Å². The van der Waals surface area contributed by atoms with Crippen molar-refractivity contribution in [3.8, 4) is 6.07 Å². The molecule has 1 unspecified atom stereocenters. The molecule has 8 heteroatoms. The lowest BCUT2D eigenvalue weighted by atomic mass is 9.95. The quantitative estimate of drug-likeness (QED) is 0.340. The van der Waals surface area contributed by atoms with Gasteiger partial charge in [-0.15, -0.1) is 11.3 Å². The number of nitrogens with zero attached hydrogens (tertiary/aromatic N) is 1. The highest BCUT2D eigenvalue weighted by atomic mass is 32.1. The van der Waals surface area contributed by atoms with E-state index >= 15 is 0 Å². The van der Waals surface area contributed by atoms with Crippen molar-refractivity contribution in [1.29, 1.82) is 5.26 Å². The molecule has 5 rings (SSSR count). The summed E-state index contributed by atoms with van der Waals surface area (Å²) in [7, 11) is 0. The van der Waals surface area contributed by atoms with Crippen molar-refractivity contribution in [2.75, 3.05) is 18.5 Å². The molecular formula is C27H28N4O3S. The average Bonchev–Trinajstić information content (AvgIpc) is 3.58. The van der Waals surface area contributed by atoms with Gasteiger partial charge in [0.2, 0.25) is 0 Å². The van der Waals surface area contributed by atoms with E-state index in [0.29, 0.717) is 17.1 Å². The Bertz CT molecular complexity index is 1350. The number of thiophene rings is 1. The number of carbonyl (C=O) groups is 2. The topological polar surface area (TPSA) is 107 Å². The normalized spacial score (nSPS) is 17.7. The SMILES string of the molecule is Cc1[nH]c2ccccc2c1/C=C(/C#N)C(=O)Nc1sc2c(c1C(=O)NCC1CCCO1)CCCC2. The van der Waals surface area contributed by atoms with Crippen LogP contribution in [-0.4, -0.2) is 36.1 Å². The van der Waals surface area contributed by atoms with E-state index < -0.39 is 5.91 Å². The summed E-state index contributed by atoms with van der Waals surface area (Å²) in [6, 6.07) is 9.83. The van der Waals surface area contributed by atoms with Crippen molar-refractivity contribution < 1.29 is 14.3 Å². The fourth-order valence-electron chi connectivity index (χ4n) is 4.94. The number of H-pyrrole nitrogens is 1. The lowest BCUT2D eigenvalue weighted by Crippen LogP contribution is -2.32. The summed E-state index contributed by atoms with van der Waals surface area (Å²) >= 11 is 1.45. The van der Waals surface area contributed by atoms with Gasteiger partial charge >= 0.3 is 0 Å². The Morgan fingerprint density at radius 3 is 2.89 bits per heavy atom. The van der Waals surface area contributed by atoms with E-state index in [9.17, 15) is 14.9 Å². The molecule has 1 aromatic carbocycles. The van der Waals surface area contributed by atoms with E-state index in [4.69, 9.17) is 4.74 Å². The van der Waals surface area contributed by atoms with Gasteiger partial charge in [-0.25, -0.2) is 0 Å². The van der Waals surface area contributed by atoms with Gasteiger partial charge in [-0.2, -0.15) is 5.26 Å². The molecule has 35 heavy (non-hydrogen) atoms. The van der Waals surface area contributed by atoms with Crippen molar-refractivity contribution in [2.24, 2.45) is 0 Å². The number of aryl methyl sites for hydroxylation is 2. The van der Waals surface area contributed by atoms with Gasteiger partial charge in [-0.05, 0) is 63.2 Å². The summed E-state index contributed by atoms with van der Waals surface area (Å²) in [5.74, 6) is -0.700. The summed E-state index contributed by atoms with van der Waals surface area (Å²) in [5, 5.41) is 17.2. The molecule has 0 radical (unpaired) electrons. The number of hydrogen-bond acceptors (Lipinski definition) is 5. The van der Waals surface area contributed by atoms with Gasteiger partial charge in [0, 0.05) is 40.2 Å². The zero-order valence-electron chi connectivity index (χ0n) is 19.7. The number of aromatic nitrogens is 1. The minimum Gasteiger partial charge on any atom is -0.376 e. The Kier molecular flexibility index (Phi) is 6.71. The van der Waals surface area contributed by atoms with Crippen LogP contribution in [0.5, 0.6) is 0 Å². The van der Waals surface area contributed by atoms with Gasteiger partial charge in [0.15, 0.2) is 0 Å². The number of anilines is 1. The van der Waals surface area contributed by atoms with E-state index in [1.54, 1.807) is 6.08 Å². The number of nitrogens with one attached hydrogen (secondary N) is 3. The summed E-state index contributed by atoms with van der Waals surface area (Å²) in [5.41, 5.74) is 4.20. The summed E-state index contributed by atoms with van der Waals surface area (Å²) in [6.07, 6.45) is 7.42. The van der Waals surface area contributed by atoms with Crippen LogP contribution >= 0.6 is 11.3 Å². The molecule has 3 aromatic rings. The number of rotatable bonds is 6. The molecule has 3 heterocycles. The zero-order chi connectivity index (χ0) is 24.4. The molecule has 180 valence electrons. The van der Waals surface area contributed by atoms with Crippen LogP contribution in [0.15, 0.2) is 29.8 Å². The molecule has 3 N–H and O–H groups in total. The van der Waals surface area contributed by atoms with Crippen LogP contribution in [0, 0.1) is 18.3 Å². The number of ether oxygens (including phenoxy) is 1. The number of hydrogen-bond donors (Lipinski definition) is 3. The number of fused-ring (bicyclic) bond motifs is 2. The third kappa shape index (κ3) is 4.75. The molecule has 1 saturated heterocycles. The predicted octanol–water partition coefficient (Wildman–Crippen LogP) is 4.87. The Labute approximate surface area is 208 Å². The highest BCUT2D eigenvalue weighted by molar-refractivity contribution is 7.17. The van der Waals surface area contributed by atoms with Gasteiger partial charge in [0.1, 0.15) is 16.6 Å². The van der Waals surface area contributed by atoms with Crippen molar-refractivity contribution in [3.05, 3.63) is 57.1 Å². The Morgan fingerprint density at radius 1 is 1.26 bits per heavy atom. The lowest BCUT2D eigenvalue weighted by molar-refractivity contribution is -0.112. The Balaban J connectivity index is 1.42. The minimum atomic E-state index is -0.510. The van der Waals surface area contributed by atoms with Crippen molar-refractivity contribution in [3.63, 3.8) is 0 Å². The van der Waals surface area contributed by atoms with E-state index in [0.717, 1.165) is 77.7 Å². The molecule has 2 amide bonds. The van der Waals surface area contributed by atoms with Crippen LogP contribution < -0.4 is 10.6 Å². The molecule has 0 bridgehead atoms. The maximum atomic E-state index is 13.2. The number of benzene rings is 1. The molecule has 1 aliphatic carbocycles. The molecule has 2 aliphatic rings. The van der Waals surface area contributed by atoms with Gasteiger partial charge in [-0.3, -0.25) is 9.59 Å². The van der Waals surface area contributed by atoms with Gasteiger partial charge in [0.05, 0.1) is 11.7 Å². The number of aromatic amines is 1. The predicted molar refractivity (Wildman–Crippen MR) is 138 cm³/mol. The Hall–Kier alpha value is -3.41. The fraction of sp³-hybridized carbons (Fsp3) is 0.370. The minimum absolute atomic E-state index is 0.00469. The first-order valence-corrected chi connectivity index (χ1v) is 12.9. The average molecular weight is 489 g/mol. The second-order valence-corrected chi connectivity index (χ2v) is 10.2. The summed E-state index contributed by atoms with van der Waals surface area (Å²) in [6.45, 7) is 3.11. The molecular weight excluding hydrogens is 460 g/mol. The highest BCUT2D eigenvalue weighted by Crippen LogP contribution is 2.38. The molecule has 2 aromatic heterocycles. The maximum absolute atomic E-state index is 13.2. The summed E-state index contributed by atoms with van der Waals surface area (Å²) < 4.78 is 5.64. The monoisotopic (exact) mass is 488 g/mol. The molecule has 1 aliphatic heterocycles. The van der Waals surface area contributed by atoms with Crippen LogP contribution in [-0.2, 0) is 22.4 Å². The van der Waals surface area contributed by atoms with Crippen molar-refractivity contribution in [1.82, 2.24) is 10.3 Å². The summed E-state index contributed by atoms with van der Waals surface area (Å²) in [4.78, 5) is 30.9. The lowest BCUT2D eigenvalue weighted by Gasteiger charge is -2.15. The number of para-hydroxylation sites is 1. The van der Waals surface area contributed by atoms with Crippen LogP contribution in [0.25, 0.3) is 17.0 Å². The molecule has 0 saturated carbocycles. The molecule has 1 atom stereocenters. The first-order chi connectivity index (χ1) is 17.0. The van der Waals surface area contributed by atoms with Gasteiger partial charge in [0.25, 0.3) is 11.8 Å². The fourth-order valence-corrected chi connectivity index (χ4v) is 6.22. The van der Waals surface area contributed by atoms with E-state index in [1.165, 1.54) is 11.3 Å². The maximum Gasteiger partial charge on any atom is 0.266 e. The van der Waals surface area contributed by atoms with Crippen LogP contribution in [0.4, 0.5) is 5.00 Å². The molecule has 7 nitrogen and oxygen atoms in total. The van der Waals surface area contributed by atoms with Gasteiger partial charge in [-0.1, -0.05) is 18.2 Å². The van der Waals surface area contributed by atoms with E-state index in [1.807, 2.05) is 37.3 Å². The third-order valence-corrected chi connectivity index (χ3v) is 7.94. The second kappa shape index (κ2) is 10.1. The Morgan fingerprint density at radius 2 is 2.09 bits per heavy atom. The first-order valence-electron chi connectivity index (χ1n) is 12.1. The van der Waals surface area contributed by atoms with Crippen LogP contribution in [0.3, 0.4) is 0 Å². The van der Waals surface area contributed by atoms with Crippen molar-refractivity contribution >= 4 is 45.1 Å². The third-order valence-electron chi connectivity index (χ3n) is 6.74. The van der Waals surface area contributed by atoms with Crippen LogP contribution in [0.1, 0.15) is 57.7 Å². The highest BCUT2D eigenvalue weighted by Gasteiger charge is 2.28. The van der Waals surface area contributed by atoms with E-state index in [-0.39, 0.29) is 17.6 Å². The first kappa shape index (κ1) is 23.3. The smallest absolute Gasteiger partial charge is 0.266 e. The largest absolute Gasteiger partial charge is 0.376 e. The van der Waals surface area contributed by atoms with Crippen LogP contribution in [0.2, 0.25) is 0 Å². The number of carbonyl (C=O) groups excluding carboxylic acids is 2. The number of nitriles is 1.